The molecule has 1 fully saturated rings. The van der Waals surface area contributed by atoms with Crippen LogP contribution in [0.2, 0.25) is 91.7 Å². The van der Waals surface area contributed by atoms with Gasteiger partial charge in [0, 0.05) is 0 Å². The summed E-state index contributed by atoms with van der Waals surface area (Å²) in [5.41, 5.74) is 7.74. The second kappa shape index (κ2) is 23.3. The Bertz CT molecular complexity index is 2230. The van der Waals surface area contributed by atoms with Crippen LogP contribution in [0.5, 0.6) is 11.5 Å². The largest absolute Gasteiger partial charge is 0.199 e. The maximum atomic E-state index is 12.7. The second-order valence-corrected chi connectivity index (χ2v) is 99.3. The summed E-state index contributed by atoms with van der Waals surface area (Å²) < 4.78 is 0. The van der Waals surface area contributed by atoms with E-state index >= 15 is 0 Å². The Morgan fingerprint density at radius 2 is 0.768 bits per heavy atom. The molecular formula is C58H98O2S2Si6Zr-2. The first kappa shape index (κ1) is 60.7. The molecule has 2 N–H and O–H groups in total. The maximum Gasteiger partial charge on any atom is -0.0866 e. The molecule has 384 valence electrons. The van der Waals surface area contributed by atoms with Gasteiger partial charge >= 0.3 is 361 Å². The van der Waals surface area contributed by atoms with Gasteiger partial charge in [0.1, 0.15) is 0 Å². The van der Waals surface area contributed by atoms with Crippen LogP contribution in [-0.4, -0.2) is 65.3 Å². The number of fused-ring (bicyclic) bond motifs is 1. The van der Waals surface area contributed by atoms with E-state index in [-0.39, 0.29) is 10.8 Å². The van der Waals surface area contributed by atoms with Crippen molar-refractivity contribution in [2.24, 2.45) is 0 Å². The maximum absolute atomic E-state index is 12.7. The average Bonchev–Trinajstić information content (AvgIpc) is 3.50. The minimum Gasteiger partial charge on any atom is -0.199 e. The number of hydrogen-bond donors (Lipinski definition) is 2. The standard InChI is InChI=1S/C44H84O2S2Si6.2C7H7.Zr/c1-43(2,3)35-27-33(41(45)39(29-35)53(19,49(7,8)9)50(10,11)12)31-47-37-25-23-21-22-24-26-38(37)48-32-34-28-36(44(4,5)6)30-40(42(34)46)54(20,51(13,14)15)52(16,17)18;2*1-7-5-3-2-4-6-7;/h27-30,37-38,45-46H,21-26,31-32H2,1-20H3;2*2-6H,1H2;/q;2*-1;/t37-,38?;;;/m0.../s1. The average molecular weight is 1150 g/mol. The van der Waals surface area contributed by atoms with E-state index in [4.69, 9.17) is 0 Å². The summed E-state index contributed by atoms with van der Waals surface area (Å²) in [5.74, 6) is 3.65. The van der Waals surface area contributed by atoms with Crippen molar-refractivity contribution in [3.63, 3.8) is 0 Å². The summed E-state index contributed by atoms with van der Waals surface area (Å²) in [7, 11) is -9.46. The van der Waals surface area contributed by atoms with Crippen LogP contribution in [0.15, 0.2) is 84.9 Å². The second-order valence-electron chi connectivity index (χ2n) is 27.1. The third kappa shape index (κ3) is 14.5. The van der Waals surface area contributed by atoms with Crippen LogP contribution in [0.1, 0.15) is 113 Å². The topological polar surface area (TPSA) is 40.5 Å². The van der Waals surface area contributed by atoms with Gasteiger partial charge in [-0.25, -0.2) is 0 Å². The van der Waals surface area contributed by atoms with Gasteiger partial charge in [-0.1, -0.05) is 12.1 Å². The fourth-order valence-electron chi connectivity index (χ4n) is 11.0. The Labute approximate surface area is 442 Å². The number of phenolic OH excluding ortho intramolecular Hbond substituents is 2. The van der Waals surface area contributed by atoms with Gasteiger partial charge in [-0.3, -0.25) is 0 Å². The van der Waals surface area contributed by atoms with Crippen LogP contribution in [-0.2, 0) is 41.5 Å². The first-order chi connectivity index (χ1) is 31.5. The van der Waals surface area contributed by atoms with E-state index in [1.165, 1.54) is 71.2 Å². The minimum atomic E-state index is -1.93. The number of aromatic hydroxyl groups is 2. The molecule has 0 amide bonds. The summed E-state index contributed by atoms with van der Waals surface area (Å²) in [4.78, 5) is 0. The van der Waals surface area contributed by atoms with E-state index in [2.05, 4.69) is 171 Å². The molecule has 4 aromatic rings. The van der Waals surface area contributed by atoms with Crippen LogP contribution in [0.3, 0.4) is 0 Å². The Hall–Kier alpha value is -0.896. The quantitative estimate of drug-likeness (QED) is 0.123. The molecule has 0 radical (unpaired) electrons. The minimum absolute atomic E-state index is 0.0498. The molecule has 0 bridgehead atoms. The summed E-state index contributed by atoms with van der Waals surface area (Å²) in [6, 6.07) is 29.7. The predicted molar refractivity (Wildman–Crippen MR) is 329 cm³/mol. The van der Waals surface area contributed by atoms with Crippen molar-refractivity contribution in [3.8, 4) is 11.5 Å². The molecule has 2 nitrogen and oxygen atoms in total. The summed E-state index contributed by atoms with van der Waals surface area (Å²) >= 11 is -0.848. The van der Waals surface area contributed by atoms with E-state index in [9.17, 15) is 10.2 Å². The van der Waals surface area contributed by atoms with Crippen molar-refractivity contribution in [2.45, 2.75) is 205 Å². The van der Waals surface area contributed by atoms with Gasteiger partial charge in [0.15, 0.2) is 0 Å². The van der Waals surface area contributed by atoms with Crippen molar-refractivity contribution in [1.29, 1.82) is 0 Å². The van der Waals surface area contributed by atoms with Crippen molar-refractivity contribution in [3.05, 3.63) is 132 Å². The van der Waals surface area contributed by atoms with Gasteiger partial charge in [0.25, 0.3) is 0 Å². The third-order valence-corrected chi connectivity index (χ3v) is 120. The Morgan fingerprint density at radius 1 is 0.478 bits per heavy atom. The van der Waals surface area contributed by atoms with Gasteiger partial charge in [-0.05, 0) is 0 Å². The summed E-state index contributed by atoms with van der Waals surface area (Å²) in [6.45, 7) is 58.4. The third-order valence-electron chi connectivity index (χ3n) is 16.6. The molecule has 0 aromatic heterocycles. The van der Waals surface area contributed by atoms with Gasteiger partial charge in [-0.2, -0.15) is 49.2 Å². The van der Waals surface area contributed by atoms with Crippen molar-refractivity contribution in [2.75, 3.05) is 0 Å². The van der Waals surface area contributed by atoms with Crippen molar-refractivity contribution < 1.29 is 29.4 Å². The van der Waals surface area contributed by atoms with Gasteiger partial charge in [0.2, 0.25) is 0 Å². The summed E-state index contributed by atoms with van der Waals surface area (Å²) in [6.07, 6.45) is 8.30. The molecule has 11 heteroatoms. The van der Waals surface area contributed by atoms with Crippen LogP contribution < -0.4 is 10.4 Å². The molecule has 1 aliphatic carbocycles. The number of benzene rings is 4. The van der Waals surface area contributed by atoms with Crippen molar-refractivity contribution in [1.82, 2.24) is 0 Å². The molecule has 1 heterocycles. The van der Waals surface area contributed by atoms with Gasteiger partial charge < -0.3 is 0 Å². The normalized spacial score (nSPS) is 19.6. The molecule has 1 aliphatic heterocycles. The fourth-order valence-corrected chi connectivity index (χ4v) is 116. The predicted octanol–water partition coefficient (Wildman–Crippen LogP) is 16.9. The zero-order valence-electron chi connectivity index (χ0n) is 47.5. The van der Waals surface area contributed by atoms with Crippen LogP contribution in [0, 0.1) is 13.8 Å². The molecule has 0 spiro atoms. The monoisotopic (exact) mass is 1150 g/mol. The Morgan fingerprint density at radius 3 is 1.00 bits per heavy atom. The molecule has 1 saturated carbocycles. The van der Waals surface area contributed by atoms with Gasteiger partial charge in [-0.15, -0.1) is 24.3 Å². The number of rotatable bonds is 10. The summed E-state index contributed by atoms with van der Waals surface area (Å²) in [5, 5.41) is 29.8. The van der Waals surface area contributed by atoms with E-state index in [1.54, 1.807) is 0 Å². The van der Waals surface area contributed by atoms with E-state index in [0.29, 0.717) is 14.2 Å². The first-order valence-electron chi connectivity index (χ1n) is 26.1. The fraction of sp³-hybridized carbons (Fsp3) is 0.552. The van der Waals surface area contributed by atoms with E-state index in [0.717, 1.165) is 44.6 Å². The zero-order chi connectivity index (χ0) is 52.3. The van der Waals surface area contributed by atoms with Crippen LogP contribution in [0.25, 0.3) is 0 Å². The molecule has 4 atom stereocenters. The zero-order valence-corrected chi connectivity index (χ0v) is 57.6. The molecule has 2 aliphatic rings. The molecule has 6 rings (SSSR count). The molecule has 4 aromatic carbocycles. The molecule has 2 unspecified atom stereocenters. The molecule has 69 heavy (non-hydrogen) atoms. The Balaban J connectivity index is 0.000000629. The van der Waals surface area contributed by atoms with Crippen molar-refractivity contribution >= 4 is 69.2 Å². The first-order valence-corrected chi connectivity index (χ1v) is 58.0. The smallest absolute Gasteiger partial charge is 0.0866 e. The van der Waals surface area contributed by atoms with E-state index < -0.39 is 63.7 Å². The van der Waals surface area contributed by atoms with Crippen LogP contribution in [0.4, 0.5) is 0 Å². The molecule has 0 saturated heterocycles. The van der Waals surface area contributed by atoms with Crippen LogP contribution >= 0.6 is 14.2 Å². The number of phenols is 2. The van der Waals surface area contributed by atoms with E-state index in [1.807, 2.05) is 60.7 Å². The van der Waals surface area contributed by atoms with Gasteiger partial charge in [0.05, 0.1) is 0 Å². The SMILES string of the molecule is CC(C)(C)c1cc(C[S]2=[Zr]=[S@@](Cc3cc(C(C)(C)C)cc([Si](C)([Si](C)(C)C)[Si](C)(C)C)c3O)C3CCCCCC[C@@H]32)c(O)c([Si](C)([Si](C)(C)C)[Si](C)(C)C)c1.[CH2-]c1ccccc1.[CH2-]c1ccccc1. The Kier molecular flexibility index (Phi) is 20.5. The number of hydrogen-bond acceptors (Lipinski definition) is 2. The molecular weight excluding hydrogens is 1050 g/mol.